The molecular weight excluding hydrogens is 170 g/mol. The summed E-state index contributed by atoms with van der Waals surface area (Å²) in [6, 6.07) is 0. The molecule has 1 heteroatoms. The van der Waals surface area contributed by atoms with Gasteiger partial charge in [0.25, 0.3) is 0 Å². The molecule has 1 aliphatic heterocycles. The fourth-order valence-corrected chi connectivity index (χ4v) is 1.78. The Hall–Kier alpha value is -0.980. The van der Waals surface area contributed by atoms with Gasteiger partial charge in [-0.15, -0.1) is 0 Å². The number of hydrogen-bond acceptors (Lipinski definition) is 1. The van der Waals surface area contributed by atoms with E-state index in [1.807, 2.05) is 6.08 Å². The van der Waals surface area contributed by atoms with Crippen LogP contribution in [-0.2, 0) is 0 Å². The molecule has 0 saturated carbocycles. The van der Waals surface area contributed by atoms with Crippen molar-refractivity contribution >= 4 is 0 Å². The van der Waals surface area contributed by atoms with Gasteiger partial charge in [0.05, 0.1) is 0 Å². The molecule has 0 unspecified atom stereocenters. The standard InChI is InChI=1S/C13H21N/c1-3-5-10-13(9-4-2)14-11-7-6-8-12-14/h4-5,9-10H,2-3,6-8,11-12H2,1H3/b10-5-,13-9+. The molecule has 0 atom stereocenters. The predicted octanol–water partition coefficient (Wildman–Crippen LogP) is 3.51. The smallest absolute Gasteiger partial charge is 0.0362 e. The molecule has 0 aliphatic carbocycles. The topological polar surface area (TPSA) is 3.24 Å². The SMILES string of the molecule is C=C/C=C(\C=C/CC)N1CCCCC1. The fraction of sp³-hybridized carbons (Fsp3) is 0.538. The molecule has 0 aromatic rings. The summed E-state index contributed by atoms with van der Waals surface area (Å²) in [5.41, 5.74) is 1.32. The van der Waals surface area contributed by atoms with Gasteiger partial charge in [0.2, 0.25) is 0 Å². The summed E-state index contributed by atoms with van der Waals surface area (Å²) >= 11 is 0. The minimum absolute atomic E-state index is 1.10. The molecule has 0 N–H and O–H groups in total. The maximum Gasteiger partial charge on any atom is 0.0362 e. The van der Waals surface area contributed by atoms with Crippen LogP contribution in [-0.4, -0.2) is 18.0 Å². The summed E-state index contributed by atoms with van der Waals surface area (Å²) in [4.78, 5) is 2.46. The zero-order valence-electron chi connectivity index (χ0n) is 9.21. The summed E-state index contributed by atoms with van der Waals surface area (Å²) in [5, 5.41) is 0. The molecule has 0 spiro atoms. The van der Waals surface area contributed by atoms with Crippen LogP contribution in [0.5, 0.6) is 0 Å². The van der Waals surface area contributed by atoms with Gasteiger partial charge in [0.15, 0.2) is 0 Å². The summed E-state index contributed by atoms with van der Waals surface area (Å²) in [7, 11) is 0. The quantitative estimate of drug-likeness (QED) is 0.615. The van der Waals surface area contributed by atoms with Crippen molar-refractivity contribution in [1.29, 1.82) is 0 Å². The third-order valence-electron chi connectivity index (χ3n) is 2.53. The van der Waals surface area contributed by atoms with Gasteiger partial charge in [-0.05, 0) is 37.8 Å². The van der Waals surface area contributed by atoms with Crippen LogP contribution in [0.2, 0.25) is 0 Å². The number of likely N-dealkylation sites (tertiary alicyclic amines) is 1. The molecule has 0 amide bonds. The maximum absolute atomic E-state index is 3.77. The first-order chi connectivity index (χ1) is 6.88. The van der Waals surface area contributed by atoms with E-state index in [1.165, 1.54) is 38.0 Å². The van der Waals surface area contributed by atoms with Crippen LogP contribution < -0.4 is 0 Å². The highest BCUT2D eigenvalue weighted by Crippen LogP contribution is 2.15. The number of nitrogens with zero attached hydrogens (tertiary/aromatic N) is 1. The lowest BCUT2D eigenvalue weighted by Crippen LogP contribution is -2.28. The van der Waals surface area contributed by atoms with Crippen molar-refractivity contribution in [3.63, 3.8) is 0 Å². The fourth-order valence-electron chi connectivity index (χ4n) is 1.78. The first kappa shape index (κ1) is 11.1. The molecule has 78 valence electrons. The molecule has 1 aliphatic rings. The van der Waals surface area contributed by atoms with E-state index in [2.05, 4.69) is 36.6 Å². The summed E-state index contributed by atoms with van der Waals surface area (Å²) in [6.07, 6.45) is 13.6. The lowest BCUT2D eigenvalue weighted by atomic mass is 10.1. The molecule has 1 heterocycles. The van der Waals surface area contributed by atoms with Crippen molar-refractivity contribution < 1.29 is 0 Å². The van der Waals surface area contributed by atoms with Gasteiger partial charge in [-0.3, -0.25) is 0 Å². The van der Waals surface area contributed by atoms with E-state index in [0.717, 1.165) is 6.42 Å². The average molecular weight is 191 g/mol. The third-order valence-corrected chi connectivity index (χ3v) is 2.53. The third kappa shape index (κ3) is 3.41. The highest BCUT2D eigenvalue weighted by atomic mass is 15.1. The Bertz CT molecular complexity index is 219. The monoisotopic (exact) mass is 191 g/mol. The van der Waals surface area contributed by atoms with Crippen molar-refractivity contribution in [3.8, 4) is 0 Å². The summed E-state index contributed by atoms with van der Waals surface area (Å²) in [5.74, 6) is 0. The number of piperidine rings is 1. The van der Waals surface area contributed by atoms with Crippen molar-refractivity contribution in [1.82, 2.24) is 4.90 Å². The summed E-state index contributed by atoms with van der Waals surface area (Å²) < 4.78 is 0. The molecular formula is C13H21N. The first-order valence-corrected chi connectivity index (χ1v) is 5.62. The molecule has 14 heavy (non-hydrogen) atoms. The van der Waals surface area contributed by atoms with Crippen molar-refractivity contribution in [3.05, 3.63) is 36.6 Å². The Kier molecular flexibility index (Phi) is 5.13. The van der Waals surface area contributed by atoms with Gasteiger partial charge in [-0.2, -0.15) is 0 Å². The average Bonchev–Trinajstić information content (AvgIpc) is 2.25. The van der Waals surface area contributed by atoms with Gasteiger partial charge in [0, 0.05) is 18.8 Å². The normalized spacial score (nSPS) is 18.9. The van der Waals surface area contributed by atoms with Gasteiger partial charge >= 0.3 is 0 Å². The molecule has 1 nitrogen and oxygen atoms in total. The van der Waals surface area contributed by atoms with Gasteiger partial charge < -0.3 is 4.90 Å². The largest absolute Gasteiger partial charge is 0.372 e. The van der Waals surface area contributed by atoms with Gasteiger partial charge in [0.1, 0.15) is 0 Å². The molecule has 1 saturated heterocycles. The molecule has 0 bridgehead atoms. The van der Waals surface area contributed by atoms with E-state index in [0.29, 0.717) is 0 Å². The highest BCUT2D eigenvalue weighted by Gasteiger charge is 2.10. The zero-order valence-corrected chi connectivity index (χ0v) is 9.21. The number of hydrogen-bond donors (Lipinski definition) is 0. The van der Waals surface area contributed by atoms with Crippen LogP contribution in [0.4, 0.5) is 0 Å². The Morgan fingerprint density at radius 3 is 2.57 bits per heavy atom. The molecule has 1 fully saturated rings. The lowest BCUT2D eigenvalue weighted by Gasteiger charge is -2.29. The number of rotatable bonds is 4. The minimum Gasteiger partial charge on any atom is -0.372 e. The van der Waals surface area contributed by atoms with Crippen LogP contribution >= 0.6 is 0 Å². The molecule has 1 rings (SSSR count). The van der Waals surface area contributed by atoms with E-state index in [4.69, 9.17) is 0 Å². The molecule has 0 radical (unpaired) electrons. The molecule has 0 aromatic carbocycles. The Morgan fingerprint density at radius 2 is 2.00 bits per heavy atom. The zero-order chi connectivity index (χ0) is 10.2. The van der Waals surface area contributed by atoms with E-state index in [-0.39, 0.29) is 0 Å². The lowest BCUT2D eigenvalue weighted by molar-refractivity contribution is 0.293. The number of allylic oxidation sites excluding steroid dienone is 4. The van der Waals surface area contributed by atoms with Crippen LogP contribution in [0.1, 0.15) is 32.6 Å². The first-order valence-electron chi connectivity index (χ1n) is 5.62. The van der Waals surface area contributed by atoms with E-state index in [1.54, 1.807) is 0 Å². The Labute approximate surface area is 87.8 Å². The summed E-state index contributed by atoms with van der Waals surface area (Å²) in [6.45, 7) is 8.34. The Balaban J connectivity index is 2.60. The van der Waals surface area contributed by atoms with E-state index < -0.39 is 0 Å². The predicted molar refractivity (Wildman–Crippen MR) is 63.1 cm³/mol. The van der Waals surface area contributed by atoms with Crippen molar-refractivity contribution in [2.24, 2.45) is 0 Å². The van der Waals surface area contributed by atoms with Crippen LogP contribution in [0.25, 0.3) is 0 Å². The van der Waals surface area contributed by atoms with Gasteiger partial charge in [-0.25, -0.2) is 0 Å². The second-order valence-electron chi connectivity index (χ2n) is 3.69. The highest BCUT2D eigenvalue weighted by molar-refractivity contribution is 5.22. The van der Waals surface area contributed by atoms with Crippen LogP contribution in [0.3, 0.4) is 0 Å². The second kappa shape index (κ2) is 6.47. The van der Waals surface area contributed by atoms with Crippen molar-refractivity contribution in [2.45, 2.75) is 32.6 Å². The van der Waals surface area contributed by atoms with E-state index >= 15 is 0 Å². The van der Waals surface area contributed by atoms with E-state index in [9.17, 15) is 0 Å². The molecule has 0 aromatic heterocycles. The Morgan fingerprint density at radius 1 is 1.29 bits per heavy atom. The minimum atomic E-state index is 1.10. The maximum atomic E-state index is 3.77. The van der Waals surface area contributed by atoms with Crippen LogP contribution in [0, 0.1) is 0 Å². The van der Waals surface area contributed by atoms with Gasteiger partial charge in [-0.1, -0.05) is 25.7 Å². The second-order valence-corrected chi connectivity index (χ2v) is 3.69. The van der Waals surface area contributed by atoms with Crippen LogP contribution in [0.15, 0.2) is 36.6 Å². The van der Waals surface area contributed by atoms with Crippen molar-refractivity contribution in [2.75, 3.05) is 13.1 Å².